The van der Waals surface area contributed by atoms with Crippen molar-refractivity contribution < 1.29 is 27.4 Å². The highest BCUT2D eigenvalue weighted by Crippen LogP contribution is 2.31. The van der Waals surface area contributed by atoms with Crippen molar-refractivity contribution in [3.05, 3.63) is 72.3 Å². The van der Waals surface area contributed by atoms with Crippen LogP contribution in [0.15, 0.2) is 71.6 Å². The number of para-hydroxylation sites is 1. The lowest BCUT2D eigenvalue weighted by molar-refractivity contribution is -0.118. The van der Waals surface area contributed by atoms with E-state index in [0.29, 0.717) is 35.0 Å². The topological polar surface area (TPSA) is 106 Å². The van der Waals surface area contributed by atoms with Gasteiger partial charge in [-0.1, -0.05) is 24.3 Å². The average Bonchev–Trinajstić information content (AvgIpc) is 3.47. The Hall–Kier alpha value is -3.76. The summed E-state index contributed by atoms with van der Waals surface area (Å²) in [5.41, 5.74) is 1.92. The van der Waals surface area contributed by atoms with Crippen molar-refractivity contribution in [3.8, 4) is 17.2 Å². The Morgan fingerprint density at radius 3 is 2.37 bits per heavy atom. The molecular weight excluding hydrogens is 506 g/mol. The van der Waals surface area contributed by atoms with Gasteiger partial charge in [0.15, 0.2) is 18.1 Å². The van der Waals surface area contributed by atoms with Crippen LogP contribution in [0.3, 0.4) is 0 Å². The molecule has 3 aromatic rings. The van der Waals surface area contributed by atoms with E-state index in [1.807, 2.05) is 30.3 Å². The van der Waals surface area contributed by atoms with Gasteiger partial charge in [0.2, 0.25) is 10.0 Å². The normalized spacial score (nSPS) is 13.3. The summed E-state index contributed by atoms with van der Waals surface area (Å²) in [6.45, 7) is 1.57. The Morgan fingerprint density at radius 1 is 0.921 bits per heavy atom. The molecule has 1 saturated heterocycles. The molecule has 0 saturated carbocycles. The van der Waals surface area contributed by atoms with E-state index in [1.54, 1.807) is 44.6 Å². The van der Waals surface area contributed by atoms with Gasteiger partial charge in [0.25, 0.3) is 5.91 Å². The van der Waals surface area contributed by atoms with Crippen LogP contribution in [0, 0.1) is 0 Å². The van der Waals surface area contributed by atoms with Gasteiger partial charge >= 0.3 is 0 Å². The zero-order chi connectivity index (χ0) is 27.0. The number of sulfonamides is 1. The molecule has 0 unspecified atom stereocenters. The molecule has 0 atom stereocenters. The number of nitrogens with one attached hydrogen (secondary N) is 2. The first-order chi connectivity index (χ1) is 18.4. The highest BCUT2D eigenvalue weighted by Gasteiger charge is 2.24. The molecule has 4 rings (SSSR count). The van der Waals surface area contributed by atoms with Crippen LogP contribution in [0.2, 0.25) is 0 Å². The summed E-state index contributed by atoms with van der Waals surface area (Å²) in [5.74, 6) is 1.39. The lowest BCUT2D eigenvalue weighted by atomic mass is 10.1. The predicted octanol–water partition coefficient (Wildman–Crippen LogP) is 3.84. The first-order valence-corrected chi connectivity index (χ1v) is 13.9. The second kappa shape index (κ2) is 12.7. The van der Waals surface area contributed by atoms with Gasteiger partial charge in [-0.3, -0.25) is 4.79 Å². The summed E-state index contributed by atoms with van der Waals surface area (Å²) < 4.78 is 45.7. The minimum atomic E-state index is -3.87. The molecule has 1 heterocycles. The van der Waals surface area contributed by atoms with E-state index < -0.39 is 10.0 Å². The molecule has 202 valence electrons. The fourth-order valence-corrected chi connectivity index (χ4v) is 5.61. The van der Waals surface area contributed by atoms with Crippen molar-refractivity contribution in [2.45, 2.75) is 24.2 Å². The van der Waals surface area contributed by atoms with Gasteiger partial charge in [-0.05, 0) is 67.3 Å². The van der Waals surface area contributed by atoms with Crippen molar-refractivity contribution in [1.29, 1.82) is 0 Å². The molecule has 9 nitrogen and oxygen atoms in total. The summed E-state index contributed by atoms with van der Waals surface area (Å²) in [7, 11) is -0.745. The molecule has 10 heteroatoms. The van der Waals surface area contributed by atoms with Crippen LogP contribution in [0.4, 0.5) is 11.4 Å². The fraction of sp³-hybridized carbons (Fsp3) is 0.321. The molecule has 0 aromatic heterocycles. The third-order valence-corrected chi connectivity index (χ3v) is 7.74. The third-order valence-electron chi connectivity index (χ3n) is 6.25. The Morgan fingerprint density at radius 2 is 1.66 bits per heavy atom. The minimum Gasteiger partial charge on any atom is -0.493 e. The number of amides is 1. The van der Waals surface area contributed by atoms with Crippen LogP contribution in [0.5, 0.6) is 17.2 Å². The van der Waals surface area contributed by atoms with Gasteiger partial charge < -0.3 is 24.4 Å². The monoisotopic (exact) mass is 539 g/mol. The summed E-state index contributed by atoms with van der Waals surface area (Å²) in [6, 6.07) is 19.5. The number of nitrogens with zero attached hydrogens (tertiary/aromatic N) is 1. The standard InChI is InChI=1S/C28H33N3O6S/c1-35-25-13-10-21(18-26(25)36-2)14-15-29-38(33,34)27-19-22(11-12-24(27)31-16-6-7-17-31)30-28(32)20-37-23-8-4-3-5-9-23/h3-5,8-13,18-19,29H,6-7,14-17,20H2,1-2H3,(H,30,32). The zero-order valence-electron chi connectivity index (χ0n) is 21.6. The van der Waals surface area contributed by atoms with Crippen LogP contribution < -0.4 is 29.1 Å². The molecule has 3 aromatic carbocycles. The molecule has 0 aliphatic carbocycles. The minimum absolute atomic E-state index is 0.133. The average molecular weight is 540 g/mol. The van der Waals surface area contributed by atoms with Crippen LogP contribution in [-0.2, 0) is 21.2 Å². The van der Waals surface area contributed by atoms with Crippen LogP contribution in [0.25, 0.3) is 0 Å². The number of ether oxygens (including phenoxy) is 3. The van der Waals surface area contributed by atoms with E-state index in [0.717, 1.165) is 31.5 Å². The van der Waals surface area contributed by atoms with Crippen LogP contribution in [-0.4, -0.2) is 54.8 Å². The molecule has 1 fully saturated rings. The Bertz CT molecular complexity index is 1340. The summed E-state index contributed by atoms with van der Waals surface area (Å²) in [5, 5.41) is 2.75. The van der Waals surface area contributed by atoms with E-state index in [2.05, 4.69) is 14.9 Å². The SMILES string of the molecule is COc1ccc(CCNS(=O)(=O)c2cc(NC(=O)COc3ccccc3)ccc2N2CCCC2)cc1OC. The van der Waals surface area contributed by atoms with Gasteiger partial charge in [0.1, 0.15) is 10.6 Å². The highest BCUT2D eigenvalue weighted by atomic mass is 32.2. The van der Waals surface area contributed by atoms with E-state index >= 15 is 0 Å². The second-order valence-corrected chi connectivity index (χ2v) is 10.6. The largest absolute Gasteiger partial charge is 0.493 e. The molecule has 1 aliphatic rings. The third kappa shape index (κ3) is 6.96. The maximum absolute atomic E-state index is 13.5. The number of carbonyl (C=O) groups is 1. The number of carbonyl (C=O) groups excluding carboxylic acids is 1. The number of rotatable bonds is 12. The molecule has 0 spiro atoms. The maximum Gasteiger partial charge on any atom is 0.262 e. The summed E-state index contributed by atoms with van der Waals surface area (Å²) >= 11 is 0. The number of methoxy groups -OCH3 is 2. The highest BCUT2D eigenvalue weighted by molar-refractivity contribution is 7.89. The molecular formula is C28H33N3O6S. The first kappa shape index (κ1) is 27.3. The fourth-order valence-electron chi connectivity index (χ4n) is 4.33. The van der Waals surface area contributed by atoms with Crippen molar-refractivity contribution in [2.75, 3.05) is 50.7 Å². The van der Waals surface area contributed by atoms with Gasteiger partial charge in [-0.2, -0.15) is 0 Å². The molecule has 1 amide bonds. The Kier molecular flexibility index (Phi) is 9.09. The second-order valence-electron chi connectivity index (χ2n) is 8.86. The van der Waals surface area contributed by atoms with Crippen molar-refractivity contribution in [3.63, 3.8) is 0 Å². The van der Waals surface area contributed by atoms with E-state index in [-0.39, 0.29) is 24.0 Å². The molecule has 2 N–H and O–H groups in total. The van der Waals surface area contributed by atoms with Gasteiger partial charge in [0.05, 0.1) is 19.9 Å². The number of anilines is 2. The maximum atomic E-state index is 13.5. The predicted molar refractivity (Wildman–Crippen MR) is 147 cm³/mol. The van der Waals surface area contributed by atoms with Crippen molar-refractivity contribution in [2.24, 2.45) is 0 Å². The van der Waals surface area contributed by atoms with Crippen molar-refractivity contribution in [1.82, 2.24) is 4.72 Å². The quantitative estimate of drug-likeness (QED) is 0.360. The lowest BCUT2D eigenvalue weighted by Gasteiger charge is -2.22. The van der Waals surface area contributed by atoms with Crippen molar-refractivity contribution >= 4 is 27.3 Å². The number of benzene rings is 3. The molecule has 1 aliphatic heterocycles. The van der Waals surface area contributed by atoms with E-state index in [4.69, 9.17) is 14.2 Å². The lowest BCUT2D eigenvalue weighted by Crippen LogP contribution is -2.29. The van der Waals surface area contributed by atoms with Gasteiger partial charge in [0, 0.05) is 25.3 Å². The van der Waals surface area contributed by atoms with Gasteiger partial charge in [-0.25, -0.2) is 13.1 Å². The number of hydrogen-bond acceptors (Lipinski definition) is 7. The van der Waals surface area contributed by atoms with E-state index in [9.17, 15) is 13.2 Å². The van der Waals surface area contributed by atoms with Crippen LogP contribution in [0.1, 0.15) is 18.4 Å². The van der Waals surface area contributed by atoms with Crippen LogP contribution >= 0.6 is 0 Å². The molecule has 0 radical (unpaired) electrons. The Balaban J connectivity index is 1.47. The molecule has 38 heavy (non-hydrogen) atoms. The summed E-state index contributed by atoms with van der Waals surface area (Å²) in [6.07, 6.45) is 2.47. The van der Waals surface area contributed by atoms with Gasteiger partial charge in [-0.15, -0.1) is 0 Å². The first-order valence-electron chi connectivity index (χ1n) is 12.5. The summed E-state index contributed by atoms with van der Waals surface area (Å²) in [4.78, 5) is 14.7. The molecule has 0 bridgehead atoms. The Labute approximate surface area is 223 Å². The smallest absolute Gasteiger partial charge is 0.262 e. The van der Waals surface area contributed by atoms with E-state index in [1.165, 1.54) is 6.07 Å². The number of hydrogen-bond donors (Lipinski definition) is 2. The zero-order valence-corrected chi connectivity index (χ0v) is 22.4.